The number of anilines is 1. The fourth-order valence-electron chi connectivity index (χ4n) is 4.08. The minimum absolute atomic E-state index is 0.0562. The average Bonchev–Trinajstić information content (AvgIpc) is 3.41. The van der Waals surface area contributed by atoms with E-state index in [1.165, 1.54) is 29.4 Å². The van der Waals surface area contributed by atoms with Gasteiger partial charge in [-0.15, -0.1) is 0 Å². The number of halogens is 3. The number of hydrogen-bond acceptors (Lipinski definition) is 6. The Labute approximate surface area is 278 Å². The van der Waals surface area contributed by atoms with Gasteiger partial charge in [0.05, 0.1) is 22.7 Å². The third-order valence-electron chi connectivity index (χ3n) is 6.24. The van der Waals surface area contributed by atoms with Crippen molar-refractivity contribution in [3.05, 3.63) is 104 Å². The van der Waals surface area contributed by atoms with Crippen molar-refractivity contribution in [2.24, 2.45) is 0 Å². The summed E-state index contributed by atoms with van der Waals surface area (Å²) in [6, 6.07) is 18.0. The Kier molecular flexibility index (Phi) is 13.5. The van der Waals surface area contributed by atoms with Crippen molar-refractivity contribution in [1.29, 1.82) is 0 Å². The molecule has 2 heterocycles. The van der Waals surface area contributed by atoms with Gasteiger partial charge in [-0.05, 0) is 71.1 Å². The maximum atomic E-state index is 13.0. The van der Waals surface area contributed by atoms with E-state index in [1.54, 1.807) is 31.3 Å². The van der Waals surface area contributed by atoms with E-state index in [2.05, 4.69) is 42.0 Å². The summed E-state index contributed by atoms with van der Waals surface area (Å²) in [5, 5.41) is 21.4. The van der Waals surface area contributed by atoms with Crippen LogP contribution in [0.1, 0.15) is 51.2 Å². The van der Waals surface area contributed by atoms with Crippen LogP contribution in [0.2, 0.25) is 10.0 Å². The lowest BCUT2D eigenvalue weighted by atomic mass is 10.1. The van der Waals surface area contributed by atoms with E-state index in [0.29, 0.717) is 38.3 Å². The Bertz CT molecular complexity index is 1670. The predicted octanol–water partition coefficient (Wildman–Crippen LogP) is 5.86. The molecule has 0 saturated heterocycles. The van der Waals surface area contributed by atoms with E-state index in [-0.39, 0.29) is 35.9 Å². The molecular formula is C31H31BrCl2N6O5. The van der Waals surface area contributed by atoms with Gasteiger partial charge in [-0.25, -0.2) is 9.67 Å². The molecule has 0 bridgehead atoms. The number of rotatable bonds is 11. The van der Waals surface area contributed by atoms with Crippen LogP contribution in [0.4, 0.5) is 5.69 Å². The minimum atomic E-state index is -0.940. The lowest BCUT2D eigenvalue weighted by molar-refractivity contribution is -0.138. The zero-order valence-corrected chi connectivity index (χ0v) is 27.5. The van der Waals surface area contributed by atoms with E-state index in [1.807, 2.05) is 30.3 Å². The molecule has 14 heteroatoms. The van der Waals surface area contributed by atoms with Gasteiger partial charge in [0.25, 0.3) is 11.8 Å². The second-order valence-electron chi connectivity index (χ2n) is 9.58. The van der Waals surface area contributed by atoms with Gasteiger partial charge < -0.3 is 21.1 Å². The van der Waals surface area contributed by atoms with Crippen molar-refractivity contribution in [3.63, 3.8) is 0 Å². The Morgan fingerprint density at radius 3 is 2.38 bits per heavy atom. The lowest BCUT2D eigenvalue weighted by Gasteiger charge is -2.14. The van der Waals surface area contributed by atoms with Crippen molar-refractivity contribution in [1.82, 2.24) is 25.4 Å². The average molecular weight is 718 g/mol. The number of carbonyl (C=O) groups excluding carboxylic acids is 3. The minimum Gasteiger partial charge on any atom is -0.481 e. The van der Waals surface area contributed by atoms with Gasteiger partial charge in [0.15, 0.2) is 5.82 Å². The first-order valence-electron chi connectivity index (χ1n) is 13.7. The zero-order valence-electron chi connectivity index (χ0n) is 24.4. The van der Waals surface area contributed by atoms with Crippen molar-refractivity contribution in [3.8, 4) is 5.82 Å². The summed E-state index contributed by atoms with van der Waals surface area (Å²) in [4.78, 5) is 50.8. The highest BCUT2D eigenvalue weighted by atomic mass is 79.9. The van der Waals surface area contributed by atoms with Crippen molar-refractivity contribution >= 4 is 68.5 Å². The summed E-state index contributed by atoms with van der Waals surface area (Å²) in [6.07, 6.45) is 3.28. The van der Waals surface area contributed by atoms with Crippen molar-refractivity contribution < 1.29 is 24.3 Å². The molecule has 4 rings (SSSR count). The van der Waals surface area contributed by atoms with Crippen LogP contribution in [-0.4, -0.2) is 57.2 Å². The molecular weight excluding hydrogens is 687 g/mol. The molecule has 0 unspecified atom stereocenters. The molecule has 2 aromatic heterocycles. The van der Waals surface area contributed by atoms with Crippen LogP contribution in [0.25, 0.3) is 5.82 Å². The van der Waals surface area contributed by atoms with E-state index in [0.717, 1.165) is 12.8 Å². The molecule has 0 aliphatic rings. The number of carboxylic acids is 1. The number of aryl methyl sites for hydroxylation is 2. The standard InChI is InChI=1S/C18H14BrCl2N5O2.C13H17NO3/c1-9-6-10(20)7-11(17(27)22-2)15(9)24-18(28)13-8-14(19)25-26(13)16-12(21)4-3-5-23-16;15-12(8-9-13(16)17)14-10-4-7-11-5-2-1-3-6-11/h3-8H,1-2H3,(H,22,27)(H,24,28);1-3,5-6H,4,7-10H2,(H,14,15)(H,16,17). The van der Waals surface area contributed by atoms with Gasteiger partial charge >= 0.3 is 5.97 Å². The second kappa shape index (κ2) is 17.3. The highest BCUT2D eigenvalue weighted by Gasteiger charge is 2.22. The summed E-state index contributed by atoms with van der Waals surface area (Å²) >= 11 is 15.5. The number of aliphatic carboxylic acids is 1. The number of carboxylic acid groups (broad SMARTS) is 1. The van der Waals surface area contributed by atoms with Gasteiger partial charge in [0.2, 0.25) is 5.91 Å². The molecule has 3 amide bonds. The third-order valence-corrected chi connectivity index (χ3v) is 7.14. The summed E-state index contributed by atoms with van der Waals surface area (Å²) in [6.45, 7) is 2.34. The smallest absolute Gasteiger partial charge is 0.303 e. The van der Waals surface area contributed by atoms with Crippen LogP contribution in [0.15, 0.2) is 71.5 Å². The van der Waals surface area contributed by atoms with Crippen LogP contribution in [-0.2, 0) is 16.0 Å². The number of hydrogen-bond donors (Lipinski definition) is 4. The van der Waals surface area contributed by atoms with Crippen LogP contribution in [0.5, 0.6) is 0 Å². The van der Waals surface area contributed by atoms with E-state index in [9.17, 15) is 19.2 Å². The molecule has 45 heavy (non-hydrogen) atoms. The Morgan fingerprint density at radius 2 is 1.71 bits per heavy atom. The van der Waals surface area contributed by atoms with E-state index >= 15 is 0 Å². The molecule has 0 aliphatic heterocycles. The van der Waals surface area contributed by atoms with Gasteiger partial charge in [-0.2, -0.15) is 5.10 Å². The van der Waals surface area contributed by atoms with Crippen molar-refractivity contribution in [2.45, 2.75) is 32.6 Å². The Morgan fingerprint density at radius 1 is 0.978 bits per heavy atom. The topological polar surface area (TPSA) is 155 Å². The highest BCUT2D eigenvalue weighted by molar-refractivity contribution is 9.10. The van der Waals surface area contributed by atoms with E-state index in [4.69, 9.17) is 28.3 Å². The van der Waals surface area contributed by atoms with Gasteiger partial charge in [0.1, 0.15) is 10.3 Å². The molecule has 2 aromatic carbocycles. The fourth-order valence-corrected chi connectivity index (χ4v) is 4.93. The van der Waals surface area contributed by atoms with Crippen LogP contribution in [0.3, 0.4) is 0 Å². The number of aromatic nitrogens is 3. The third kappa shape index (κ3) is 10.7. The quantitative estimate of drug-likeness (QED) is 0.142. The lowest BCUT2D eigenvalue weighted by Crippen LogP contribution is -2.25. The molecule has 0 spiro atoms. The number of pyridine rings is 1. The summed E-state index contributed by atoms with van der Waals surface area (Å²) in [5.74, 6) is -1.69. The normalized spacial score (nSPS) is 10.3. The predicted molar refractivity (Wildman–Crippen MR) is 176 cm³/mol. The first-order chi connectivity index (χ1) is 21.5. The van der Waals surface area contributed by atoms with Gasteiger partial charge in [-0.1, -0.05) is 53.5 Å². The first-order valence-corrected chi connectivity index (χ1v) is 15.3. The number of nitrogens with zero attached hydrogens (tertiary/aromatic N) is 3. The zero-order chi connectivity index (χ0) is 32.9. The molecule has 11 nitrogen and oxygen atoms in total. The number of amides is 3. The van der Waals surface area contributed by atoms with Crippen LogP contribution < -0.4 is 16.0 Å². The molecule has 0 aliphatic carbocycles. The maximum Gasteiger partial charge on any atom is 0.303 e. The fraction of sp³-hybridized carbons (Fsp3) is 0.226. The molecule has 236 valence electrons. The van der Waals surface area contributed by atoms with Crippen LogP contribution in [0, 0.1) is 6.92 Å². The highest BCUT2D eigenvalue weighted by Crippen LogP contribution is 2.27. The molecule has 0 radical (unpaired) electrons. The number of carbonyl (C=O) groups is 4. The Balaban J connectivity index is 0.000000279. The largest absolute Gasteiger partial charge is 0.481 e. The molecule has 0 saturated carbocycles. The van der Waals surface area contributed by atoms with Gasteiger partial charge in [0, 0.05) is 37.3 Å². The molecule has 4 aromatic rings. The summed E-state index contributed by atoms with van der Waals surface area (Å²) in [5.41, 5.74) is 2.67. The molecule has 0 atom stereocenters. The summed E-state index contributed by atoms with van der Waals surface area (Å²) < 4.78 is 1.76. The monoisotopic (exact) mass is 716 g/mol. The molecule has 0 fully saturated rings. The van der Waals surface area contributed by atoms with Crippen molar-refractivity contribution in [2.75, 3.05) is 18.9 Å². The van der Waals surface area contributed by atoms with Crippen LogP contribution >= 0.6 is 39.1 Å². The first kappa shape index (κ1) is 35.2. The second-order valence-corrected chi connectivity index (χ2v) is 11.2. The Hall–Kier alpha value is -4.26. The van der Waals surface area contributed by atoms with Gasteiger partial charge in [-0.3, -0.25) is 19.2 Å². The van der Waals surface area contributed by atoms with E-state index < -0.39 is 11.9 Å². The SMILES string of the molecule is CNC(=O)c1cc(Cl)cc(C)c1NC(=O)c1cc(Br)nn1-c1ncccc1Cl.O=C(O)CCC(=O)NCCCc1ccccc1. The number of benzene rings is 2. The molecule has 4 N–H and O–H groups in total. The summed E-state index contributed by atoms with van der Waals surface area (Å²) in [7, 11) is 1.50. The maximum absolute atomic E-state index is 13.0. The number of nitrogens with one attached hydrogen (secondary N) is 3.